The number of piperidine rings is 1. The summed E-state index contributed by atoms with van der Waals surface area (Å²) < 4.78 is 0. The molecule has 1 aliphatic heterocycles. The molecule has 1 saturated heterocycles. The second-order valence-corrected chi connectivity index (χ2v) is 5.82. The molecule has 6 nitrogen and oxygen atoms in total. The van der Waals surface area contributed by atoms with Gasteiger partial charge in [0.1, 0.15) is 0 Å². The van der Waals surface area contributed by atoms with E-state index < -0.39 is 6.03 Å². The van der Waals surface area contributed by atoms with Gasteiger partial charge in [0.2, 0.25) is 5.91 Å². The first-order valence-corrected chi connectivity index (χ1v) is 8.12. The van der Waals surface area contributed by atoms with Crippen LogP contribution in [0.1, 0.15) is 46.0 Å². The number of likely N-dealkylation sites (tertiary alicyclic amines) is 1. The quantitative estimate of drug-likeness (QED) is 0.613. The number of rotatable bonds is 7. The molecular formula is C15H30N4O2. The SMILES string of the molecule is CCCCNC(=O)NC(=O)CN1CCC(CC)CC1CN. The summed E-state index contributed by atoms with van der Waals surface area (Å²) >= 11 is 0. The van der Waals surface area contributed by atoms with Gasteiger partial charge in [-0.15, -0.1) is 0 Å². The molecule has 21 heavy (non-hydrogen) atoms. The molecule has 0 aromatic carbocycles. The Kier molecular flexibility index (Phi) is 8.30. The zero-order chi connectivity index (χ0) is 15.7. The van der Waals surface area contributed by atoms with E-state index >= 15 is 0 Å². The Hall–Kier alpha value is -1.14. The molecule has 3 amide bonds. The molecule has 6 heteroatoms. The first kappa shape index (κ1) is 17.9. The van der Waals surface area contributed by atoms with Crippen molar-refractivity contribution in [1.29, 1.82) is 0 Å². The molecule has 2 unspecified atom stereocenters. The molecule has 0 aromatic rings. The molecule has 1 fully saturated rings. The number of nitrogens with two attached hydrogens (primary N) is 1. The molecule has 2 atom stereocenters. The number of nitrogens with zero attached hydrogens (tertiary/aromatic N) is 1. The Morgan fingerprint density at radius 3 is 2.71 bits per heavy atom. The van der Waals surface area contributed by atoms with E-state index in [4.69, 9.17) is 5.73 Å². The van der Waals surface area contributed by atoms with Crippen molar-refractivity contribution in [3.05, 3.63) is 0 Å². The lowest BCUT2D eigenvalue weighted by atomic mass is 9.89. The van der Waals surface area contributed by atoms with Crippen LogP contribution in [0, 0.1) is 5.92 Å². The van der Waals surface area contributed by atoms with Crippen LogP contribution in [0.3, 0.4) is 0 Å². The highest BCUT2D eigenvalue weighted by Gasteiger charge is 2.28. The molecule has 0 aromatic heterocycles. The molecular weight excluding hydrogens is 268 g/mol. The van der Waals surface area contributed by atoms with Crippen LogP contribution in [0.4, 0.5) is 4.79 Å². The average molecular weight is 298 g/mol. The lowest BCUT2D eigenvalue weighted by Crippen LogP contribution is -2.52. The number of carbonyl (C=O) groups excluding carboxylic acids is 2. The second kappa shape index (κ2) is 9.73. The van der Waals surface area contributed by atoms with E-state index in [-0.39, 0.29) is 18.5 Å². The average Bonchev–Trinajstić information content (AvgIpc) is 2.47. The number of urea groups is 1. The molecule has 122 valence electrons. The van der Waals surface area contributed by atoms with Crippen LogP contribution in [0.5, 0.6) is 0 Å². The summed E-state index contributed by atoms with van der Waals surface area (Å²) in [7, 11) is 0. The van der Waals surface area contributed by atoms with Crippen LogP contribution in [-0.4, -0.2) is 49.1 Å². The minimum atomic E-state index is -0.402. The first-order valence-electron chi connectivity index (χ1n) is 8.12. The van der Waals surface area contributed by atoms with Gasteiger partial charge in [0.15, 0.2) is 0 Å². The van der Waals surface area contributed by atoms with Crippen LogP contribution in [0.2, 0.25) is 0 Å². The molecule has 1 rings (SSSR count). The van der Waals surface area contributed by atoms with E-state index in [2.05, 4.69) is 29.4 Å². The van der Waals surface area contributed by atoms with Gasteiger partial charge in [-0.25, -0.2) is 4.79 Å². The summed E-state index contributed by atoms with van der Waals surface area (Å²) in [4.78, 5) is 25.5. The molecule has 1 aliphatic rings. The highest BCUT2D eigenvalue weighted by molar-refractivity contribution is 5.95. The van der Waals surface area contributed by atoms with Gasteiger partial charge in [-0.3, -0.25) is 15.0 Å². The van der Waals surface area contributed by atoms with Crippen LogP contribution >= 0.6 is 0 Å². The summed E-state index contributed by atoms with van der Waals surface area (Å²) in [5.74, 6) is 0.451. The van der Waals surface area contributed by atoms with Gasteiger partial charge in [-0.1, -0.05) is 26.7 Å². The number of amides is 3. The van der Waals surface area contributed by atoms with Crippen LogP contribution in [0.25, 0.3) is 0 Å². The molecule has 0 bridgehead atoms. The topological polar surface area (TPSA) is 87.5 Å². The van der Waals surface area contributed by atoms with E-state index in [1.165, 1.54) is 0 Å². The number of carbonyl (C=O) groups is 2. The lowest BCUT2D eigenvalue weighted by molar-refractivity contribution is -0.122. The maximum absolute atomic E-state index is 11.9. The van der Waals surface area contributed by atoms with Gasteiger partial charge >= 0.3 is 6.03 Å². The highest BCUT2D eigenvalue weighted by Crippen LogP contribution is 2.24. The van der Waals surface area contributed by atoms with E-state index in [0.717, 1.165) is 38.6 Å². The van der Waals surface area contributed by atoms with E-state index in [1.54, 1.807) is 0 Å². The van der Waals surface area contributed by atoms with E-state index in [0.29, 0.717) is 19.0 Å². The minimum Gasteiger partial charge on any atom is -0.338 e. The predicted octanol–water partition coefficient (Wildman–Crippen LogP) is 1.06. The van der Waals surface area contributed by atoms with E-state index in [9.17, 15) is 9.59 Å². The Labute approximate surface area is 127 Å². The van der Waals surface area contributed by atoms with Crippen molar-refractivity contribution >= 4 is 11.9 Å². The fourth-order valence-electron chi connectivity index (χ4n) is 2.78. The summed E-state index contributed by atoms with van der Waals surface area (Å²) in [5.41, 5.74) is 5.82. The third kappa shape index (κ3) is 6.44. The van der Waals surface area contributed by atoms with E-state index in [1.807, 2.05) is 0 Å². The normalized spacial score (nSPS) is 22.8. The standard InChI is InChI=1S/C15H30N4O2/c1-3-5-7-17-15(21)18-14(20)11-19-8-6-12(4-2)9-13(19)10-16/h12-13H,3-11,16H2,1-2H3,(H2,17,18,20,21). The summed E-state index contributed by atoms with van der Waals surface area (Å²) in [6.45, 7) is 6.54. The molecule has 4 N–H and O–H groups in total. The van der Waals surface area contributed by atoms with Gasteiger partial charge in [0, 0.05) is 19.1 Å². The molecule has 0 spiro atoms. The number of nitrogens with one attached hydrogen (secondary N) is 2. The van der Waals surface area contributed by atoms with Crippen molar-refractivity contribution in [2.45, 2.75) is 52.0 Å². The van der Waals surface area contributed by atoms with Crippen molar-refractivity contribution in [3.63, 3.8) is 0 Å². The van der Waals surface area contributed by atoms with Crippen molar-refractivity contribution in [2.24, 2.45) is 11.7 Å². The van der Waals surface area contributed by atoms with Gasteiger partial charge < -0.3 is 11.1 Å². The van der Waals surface area contributed by atoms with Gasteiger partial charge in [0.05, 0.1) is 6.54 Å². The van der Waals surface area contributed by atoms with Crippen molar-refractivity contribution in [1.82, 2.24) is 15.5 Å². The number of imide groups is 1. The Bertz CT molecular complexity index is 336. The fourth-order valence-corrected chi connectivity index (χ4v) is 2.78. The summed E-state index contributed by atoms with van der Waals surface area (Å²) in [6, 6.07) is -0.154. The van der Waals surface area contributed by atoms with Crippen LogP contribution < -0.4 is 16.4 Å². The fraction of sp³-hybridized carbons (Fsp3) is 0.867. The monoisotopic (exact) mass is 298 g/mol. The zero-order valence-electron chi connectivity index (χ0n) is 13.4. The van der Waals surface area contributed by atoms with Gasteiger partial charge in [0.25, 0.3) is 0 Å². The Morgan fingerprint density at radius 1 is 1.33 bits per heavy atom. The van der Waals surface area contributed by atoms with Gasteiger partial charge in [-0.05, 0) is 31.7 Å². The Balaban J connectivity index is 2.34. The smallest absolute Gasteiger partial charge is 0.321 e. The highest BCUT2D eigenvalue weighted by atomic mass is 16.2. The molecule has 1 heterocycles. The molecule has 0 aliphatic carbocycles. The maximum atomic E-state index is 11.9. The van der Waals surface area contributed by atoms with Crippen molar-refractivity contribution in [3.8, 4) is 0 Å². The predicted molar refractivity (Wildman–Crippen MR) is 83.9 cm³/mol. The largest absolute Gasteiger partial charge is 0.338 e. The van der Waals surface area contributed by atoms with Crippen molar-refractivity contribution in [2.75, 3.05) is 26.2 Å². The summed E-state index contributed by atoms with van der Waals surface area (Å²) in [6.07, 6.45) is 5.24. The minimum absolute atomic E-state index is 0.248. The lowest BCUT2D eigenvalue weighted by Gasteiger charge is -2.38. The Morgan fingerprint density at radius 2 is 2.10 bits per heavy atom. The third-order valence-electron chi connectivity index (χ3n) is 4.21. The summed E-state index contributed by atoms with van der Waals surface area (Å²) in [5, 5.41) is 5.06. The number of hydrogen-bond donors (Lipinski definition) is 3. The maximum Gasteiger partial charge on any atom is 0.321 e. The third-order valence-corrected chi connectivity index (χ3v) is 4.21. The molecule has 0 saturated carbocycles. The second-order valence-electron chi connectivity index (χ2n) is 5.82. The van der Waals surface area contributed by atoms with Crippen molar-refractivity contribution < 1.29 is 9.59 Å². The molecule has 0 radical (unpaired) electrons. The number of hydrogen-bond acceptors (Lipinski definition) is 4. The van der Waals surface area contributed by atoms with Crippen LogP contribution in [0.15, 0.2) is 0 Å². The van der Waals surface area contributed by atoms with Gasteiger partial charge in [-0.2, -0.15) is 0 Å². The van der Waals surface area contributed by atoms with Crippen LogP contribution in [-0.2, 0) is 4.79 Å². The zero-order valence-corrected chi connectivity index (χ0v) is 13.4. The number of unbranched alkanes of at least 4 members (excludes halogenated alkanes) is 1. The first-order chi connectivity index (χ1) is 10.1.